The van der Waals surface area contributed by atoms with Gasteiger partial charge in [0.2, 0.25) is 5.88 Å². The molecular weight excluding hydrogens is 403 g/mol. The normalized spacial score (nSPS) is 11.9. The minimum atomic E-state index is -4.41. The van der Waals surface area contributed by atoms with E-state index in [-0.39, 0.29) is 23.2 Å². The number of halogens is 3. The average Bonchev–Trinajstić information content (AvgIpc) is 3.22. The lowest BCUT2D eigenvalue weighted by molar-refractivity contribution is -0.142. The number of nitrogens with zero attached hydrogens (tertiary/aromatic N) is 5. The Morgan fingerprint density at radius 2 is 1.93 bits per heavy atom. The Morgan fingerprint density at radius 1 is 1.17 bits per heavy atom. The number of alkyl halides is 3. The van der Waals surface area contributed by atoms with Gasteiger partial charge >= 0.3 is 6.18 Å². The zero-order chi connectivity index (χ0) is 21.6. The van der Waals surface area contributed by atoms with Crippen molar-refractivity contribution in [1.82, 2.24) is 24.3 Å². The molecule has 0 atom stereocenters. The van der Waals surface area contributed by atoms with Crippen molar-refractivity contribution in [3.05, 3.63) is 42.5 Å². The van der Waals surface area contributed by atoms with Gasteiger partial charge in [0, 0.05) is 23.7 Å². The van der Waals surface area contributed by atoms with Gasteiger partial charge in [0.15, 0.2) is 5.75 Å². The minimum Gasteiger partial charge on any atom is -0.503 e. The smallest absolute Gasteiger partial charge is 0.408 e. The standard InChI is InChI=1S/C19H16F3N5O3/c1-10-16-13(3-4-14(25-16)11-5-15(28)17(30-2)23-6-11)18(29)27(10)12-7-24-26(8-12)9-19(20,21)22/h3-8,28-29H,9H2,1-2H3. The number of fused-ring (bicyclic) bond motifs is 1. The minimum absolute atomic E-state index is 0.0793. The highest BCUT2D eigenvalue weighted by atomic mass is 19.4. The van der Waals surface area contributed by atoms with Crippen LogP contribution in [0.25, 0.3) is 27.8 Å². The van der Waals surface area contributed by atoms with E-state index in [1.807, 2.05) is 0 Å². The molecule has 0 spiro atoms. The Bertz CT molecular complexity index is 1250. The number of ether oxygens (including phenoxy) is 1. The number of hydrogen-bond acceptors (Lipinski definition) is 6. The second-order valence-electron chi connectivity index (χ2n) is 6.60. The molecule has 0 aliphatic rings. The molecule has 4 aromatic heterocycles. The van der Waals surface area contributed by atoms with E-state index >= 15 is 0 Å². The topological polar surface area (TPSA) is 98.2 Å². The largest absolute Gasteiger partial charge is 0.503 e. The van der Waals surface area contributed by atoms with Crippen molar-refractivity contribution in [1.29, 1.82) is 0 Å². The van der Waals surface area contributed by atoms with Gasteiger partial charge in [-0.05, 0) is 25.1 Å². The molecule has 4 heterocycles. The third-order valence-electron chi connectivity index (χ3n) is 4.57. The van der Waals surface area contributed by atoms with Gasteiger partial charge in [-0.25, -0.2) is 9.97 Å². The van der Waals surface area contributed by atoms with Crippen LogP contribution in [0.15, 0.2) is 36.8 Å². The SMILES string of the molecule is COc1ncc(-c2ccc3c(O)n(-c4cnn(CC(F)(F)F)c4)c(C)c3n2)cc1O. The number of hydrogen-bond donors (Lipinski definition) is 2. The van der Waals surface area contributed by atoms with Crippen molar-refractivity contribution in [2.75, 3.05) is 7.11 Å². The predicted molar refractivity (Wildman–Crippen MR) is 101 cm³/mol. The summed E-state index contributed by atoms with van der Waals surface area (Å²) in [6.07, 6.45) is -0.481. The van der Waals surface area contributed by atoms with Crippen molar-refractivity contribution >= 4 is 10.9 Å². The molecule has 0 saturated carbocycles. The molecule has 0 bridgehead atoms. The summed E-state index contributed by atoms with van der Waals surface area (Å²) in [5.74, 6) is -0.231. The van der Waals surface area contributed by atoms with Gasteiger partial charge in [-0.1, -0.05) is 0 Å². The molecule has 8 nitrogen and oxygen atoms in total. The molecule has 4 rings (SSSR count). The Kier molecular flexibility index (Phi) is 4.52. The summed E-state index contributed by atoms with van der Waals surface area (Å²) in [5.41, 5.74) is 2.25. The van der Waals surface area contributed by atoms with Crippen LogP contribution in [0, 0.1) is 6.92 Å². The molecule has 11 heteroatoms. The molecule has 0 unspecified atom stereocenters. The fourth-order valence-electron chi connectivity index (χ4n) is 3.25. The van der Waals surface area contributed by atoms with Gasteiger partial charge in [-0.15, -0.1) is 0 Å². The summed E-state index contributed by atoms with van der Waals surface area (Å²) in [6, 6.07) is 4.73. The van der Waals surface area contributed by atoms with Crippen LogP contribution in [0.3, 0.4) is 0 Å². The zero-order valence-corrected chi connectivity index (χ0v) is 15.8. The van der Waals surface area contributed by atoms with Crippen molar-refractivity contribution in [3.63, 3.8) is 0 Å². The first-order valence-electron chi connectivity index (χ1n) is 8.72. The third kappa shape index (κ3) is 3.38. The zero-order valence-electron chi connectivity index (χ0n) is 15.8. The number of aromatic hydroxyl groups is 2. The van der Waals surface area contributed by atoms with Crippen LogP contribution < -0.4 is 4.74 Å². The highest BCUT2D eigenvalue weighted by molar-refractivity contribution is 5.90. The molecule has 30 heavy (non-hydrogen) atoms. The lowest BCUT2D eigenvalue weighted by Crippen LogP contribution is -2.17. The fourth-order valence-corrected chi connectivity index (χ4v) is 3.25. The summed E-state index contributed by atoms with van der Waals surface area (Å²) in [6.45, 7) is 0.452. The van der Waals surface area contributed by atoms with E-state index in [4.69, 9.17) is 4.74 Å². The Balaban J connectivity index is 1.78. The van der Waals surface area contributed by atoms with Gasteiger partial charge in [-0.2, -0.15) is 18.3 Å². The first-order chi connectivity index (χ1) is 14.2. The molecule has 0 aromatic carbocycles. The quantitative estimate of drug-likeness (QED) is 0.525. The molecule has 2 N–H and O–H groups in total. The van der Waals surface area contributed by atoms with Crippen molar-refractivity contribution < 1.29 is 28.1 Å². The number of pyridine rings is 2. The molecule has 0 saturated heterocycles. The van der Waals surface area contributed by atoms with E-state index in [2.05, 4.69) is 15.1 Å². The molecule has 0 radical (unpaired) electrons. The van der Waals surface area contributed by atoms with Crippen LogP contribution in [0.4, 0.5) is 13.2 Å². The van der Waals surface area contributed by atoms with Crippen LogP contribution >= 0.6 is 0 Å². The van der Waals surface area contributed by atoms with E-state index in [9.17, 15) is 23.4 Å². The van der Waals surface area contributed by atoms with E-state index in [1.54, 1.807) is 19.1 Å². The van der Waals surface area contributed by atoms with E-state index in [0.29, 0.717) is 27.9 Å². The van der Waals surface area contributed by atoms with E-state index in [1.165, 1.54) is 36.3 Å². The molecule has 0 amide bonds. The molecule has 0 aliphatic heterocycles. The highest BCUT2D eigenvalue weighted by Crippen LogP contribution is 2.35. The number of aromatic nitrogens is 5. The lowest BCUT2D eigenvalue weighted by Gasteiger charge is -2.06. The van der Waals surface area contributed by atoms with Crippen LogP contribution in [-0.2, 0) is 6.54 Å². The van der Waals surface area contributed by atoms with Gasteiger partial charge in [0.05, 0.1) is 35.6 Å². The van der Waals surface area contributed by atoms with Crippen molar-refractivity contribution in [2.45, 2.75) is 19.6 Å². The monoisotopic (exact) mass is 419 g/mol. The van der Waals surface area contributed by atoms with Crippen molar-refractivity contribution in [3.8, 4) is 34.5 Å². The number of aryl methyl sites for hydroxylation is 1. The molecular formula is C19H16F3N5O3. The second kappa shape index (κ2) is 6.94. The van der Waals surface area contributed by atoms with E-state index < -0.39 is 12.7 Å². The van der Waals surface area contributed by atoms with Crippen LogP contribution in [0.5, 0.6) is 17.5 Å². The Hall–Kier alpha value is -3.76. The maximum absolute atomic E-state index is 12.6. The van der Waals surface area contributed by atoms with E-state index in [0.717, 1.165) is 4.68 Å². The van der Waals surface area contributed by atoms with Gasteiger partial charge in [0.1, 0.15) is 6.54 Å². The van der Waals surface area contributed by atoms with Crippen molar-refractivity contribution in [2.24, 2.45) is 0 Å². The maximum atomic E-state index is 12.6. The molecule has 156 valence electrons. The summed E-state index contributed by atoms with van der Waals surface area (Å²) >= 11 is 0. The molecule has 0 fully saturated rings. The summed E-state index contributed by atoms with van der Waals surface area (Å²) in [5, 5.41) is 24.7. The van der Waals surface area contributed by atoms with Gasteiger partial charge < -0.3 is 14.9 Å². The summed E-state index contributed by atoms with van der Waals surface area (Å²) < 4.78 is 44.9. The third-order valence-corrected chi connectivity index (χ3v) is 4.57. The Labute approximate surface area is 167 Å². The Morgan fingerprint density at radius 3 is 2.60 bits per heavy atom. The first-order valence-corrected chi connectivity index (χ1v) is 8.72. The molecule has 4 aromatic rings. The first kappa shape index (κ1) is 19.6. The summed E-state index contributed by atoms with van der Waals surface area (Å²) in [4.78, 5) is 8.54. The number of methoxy groups -OCH3 is 1. The average molecular weight is 419 g/mol. The van der Waals surface area contributed by atoms with Crippen LogP contribution in [-0.4, -0.2) is 47.8 Å². The van der Waals surface area contributed by atoms with Crippen LogP contribution in [0.1, 0.15) is 5.69 Å². The van der Waals surface area contributed by atoms with Gasteiger partial charge in [-0.3, -0.25) is 9.25 Å². The highest BCUT2D eigenvalue weighted by Gasteiger charge is 2.29. The number of rotatable bonds is 4. The predicted octanol–water partition coefficient (Wildman–Crippen LogP) is 3.57. The van der Waals surface area contributed by atoms with Gasteiger partial charge in [0.25, 0.3) is 5.88 Å². The fraction of sp³-hybridized carbons (Fsp3) is 0.211. The lowest BCUT2D eigenvalue weighted by atomic mass is 10.1. The summed E-state index contributed by atoms with van der Waals surface area (Å²) in [7, 11) is 1.39. The maximum Gasteiger partial charge on any atom is 0.408 e. The second-order valence-corrected chi connectivity index (χ2v) is 6.60. The molecule has 0 aliphatic carbocycles. The van der Waals surface area contributed by atoms with Crippen LogP contribution in [0.2, 0.25) is 0 Å².